The number of hydrogen-bond acceptors (Lipinski definition) is 7. The molecule has 434 valence electrons. The number of nitrogens with one attached hydrogen (secondary N) is 5. The average molecular weight is 1140 g/mol. The summed E-state index contributed by atoms with van der Waals surface area (Å²) in [6, 6.07) is 69.9. The average Bonchev–Trinajstić information content (AvgIpc) is 3.52. The topological polar surface area (TPSA) is 192 Å². The fourth-order valence-corrected chi connectivity index (χ4v) is 11.7. The standard InChI is InChI=1S/C72H73N5O8/c78-65(76-71(52-31-13-7-14-32-52,53-33-15-8-16-34-53)54-35-17-9-18-36-54)49-63(68(82)73-48-30-6-4-2-1-3-5-25-47-67(80)81)74-69(83)64(75-70(84)85-51-62-60-45-28-26-43-58(60)59-44-27-29-46-61(59)62)50-66(79)77-72(55-37-19-10-20-38-55,56-39-21-11-22-40-56)57-41-23-12-24-42-57/h7-24,26-29,31-46,62-64H,1-6,25,30,47-51H2,(H,73,82)(H,74,83)(H,75,84)(H,76,78)(H,77,79)(H,80,81)/t63-,64-/m0/s1. The van der Waals surface area contributed by atoms with Gasteiger partial charge in [-0.15, -0.1) is 0 Å². The summed E-state index contributed by atoms with van der Waals surface area (Å²) in [6.45, 7) is 0.168. The number of alkyl carbamates (subject to hydrolysis) is 1. The van der Waals surface area contributed by atoms with Crippen LogP contribution in [-0.2, 0) is 39.8 Å². The van der Waals surface area contributed by atoms with E-state index in [0.29, 0.717) is 12.8 Å². The molecule has 0 spiro atoms. The van der Waals surface area contributed by atoms with Crippen LogP contribution >= 0.6 is 0 Å². The summed E-state index contributed by atoms with van der Waals surface area (Å²) in [6.07, 6.45) is 4.78. The molecule has 85 heavy (non-hydrogen) atoms. The first-order valence-corrected chi connectivity index (χ1v) is 29.4. The zero-order chi connectivity index (χ0) is 59.3. The molecule has 0 unspecified atom stereocenters. The van der Waals surface area contributed by atoms with Crippen LogP contribution in [0.4, 0.5) is 4.79 Å². The van der Waals surface area contributed by atoms with Crippen molar-refractivity contribution in [1.29, 1.82) is 0 Å². The van der Waals surface area contributed by atoms with Gasteiger partial charge in [-0.3, -0.25) is 24.0 Å². The molecule has 0 aromatic heterocycles. The van der Waals surface area contributed by atoms with Gasteiger partial charge in [-0.05, 0) is 68.5 Å². The summed E-state index contributed by atoms with van der Waals surface area (Å²) in [7, 11) is 0. The van der Waals surface area contributed by atoms with Crippen molar-refractivity contribution >= 4 is 35.7 Å². The second-order valence-electron chi connectivity index (χ2n) is 21.5. The van der Waals surface area contributed by atoms with Crippen LogP contribution < -0.4 is 26.6 Å². The number of unbranched alkanes of at least 4 members (excludes halogenated alkanes) is 7. The van der Waals surface area contributed by atoms with Crippen molar-refractivity contribution < 1.29 is 38.6 Å². The minimum Gasteiger partial charge on any atom is -0.481 e. The zero-order valence-corrected chi connectivity index (χ0v) is 47.7. The Kier molecular flexibility index (Phi) is 20.9. The predicted octanol–water partition coefficient (Wildman–Crippen LogP) is 12.1. The van der Waals surface area contributed by atoms with Crippen molar-refractivity contribution in [2.45, 2.75) is 99.7 Å². The van der Waals surface area contributed by atoms with Gasteiger partial charge in [0.05, 0.1) is 12.8 Å². The molecule has 0 radical (unpaired) electrons. The van der Waals surface area contributed by atoms with Crippen LogP contribution in [0.5, 0.6) is 0 Å². The normalized spacial score (nSPS) is 12.6. The van der Waals surface area contributed by atoms with E-state index in [4.69, 9.17) is 9.84 Å². The third-order valence-electron chi connectivity index (χ3n) is 15.9. The van der Waals surface area contributed by atoms with E-state index >= 15 is 14.4 Å². The molecule has 1 aliphatic rings. The van der Waals surface area contributed by atoms with Crippen molar-refractivity contribution in [3.8, 4) is 11.1 Å². The number of carboxylic acids is 1. The van der Waals surface area contributed by atoms with E-state index in [2.05, 4.69) is 26.6 Å². The number of hydrogen-bond donors (Lipinski definition) is 6. The van der Waals surface area contributed by atoms with E-state index in [9.17, 15) is 14.4 Å². The molecule has 8 aromatic carbocycles. The van der Waals surface area contributed by atoms with Crippen molar-refractivity contribution in [3.05, 3.63) is 275 Å². The maximum absolute atomic E-state index is 15.3. The number of fused-ring (bicyclic) bond motifs is 3. The summed E-state index contributed by atoms with van der Waals surface area (Å²) in [4.78, 5) is 85.6. The van der Waals surface area contributed by atoms with Gasteiger partial charge in [0.2, 0.25) is 23.6 Å². The Labute approximate surface area is 497 Å². The number of carboxylic acid groups (broad SMARTS) is 1. The molecule has 13 nitrogen and oxygen atoms in total. The monoisotopic (exact) mass is 1140 g/mol. The molecule has 1 aliphatic carbocycles. The van der Waals surface area contributed by atoms with Crippen LogP contribution in [0.1, 0.15) is 121 Å². The number of rotatable bonds is 29. The van der Waals surface area contributed by atoms with Gasteiger partial charge in [0.1, 0.15) is 29.8 Å². The van der Waals surface area contributed by atoms with Gasteiger partial charge in [-0.2, -0.15) is 0 Å². The minimum atomic E-state index is -1.63. The number of carbonyl (C=O) groups excluding carboxylic acids is 5. The lowest BCUT2D eigenvalue weighted by atomic mass is 9.77. The first-order chi connectivity index (χ1) is 41.6. The van der Waals surface area contributed by atoms with Crippen LogP contribution in [0.2, 0.25) is 0 Å². The first kappa shape index (κ1) is 60.0. The highest BCUT2D eigenvalue weighted by Crippen LogP contribution is 2.45. The Morgan fingerprint density at radius 1 is 0.400 bits per heavy atom. The van der Waals surface area contributed by atoms with Crippen molar-refractivity contribution in [1.82, 2.24) is 26.6 Å². The minimum absolute atomic E-state index is 0.0798. The van der Waals surface area contributed by atoms with E-state index in [1.807, 2.05) is 231 Å². The number of aliphatic carboxylic acids is 1. The Balaban J connectivity index is 1.01. The van der Waals surface area contributed by atoms with Gasteiger partial charge >= 0.3 is 12.1 Å². The Bertz CT molecular complexity index is 3240. The lowest BCUT2D eigenvalue weighted by molar-refractivity contribution is -0.137. The van der Waals surface area contributed by atoms with Gasteiger partial charge in [-0.25, -0.2) is 4.79 Å². The number of carbonyl (C=O) groups is 6. The molecule has 2 atom stereocenters. The van der Waals surface area contributed by atoms with Crippen LogP contribution in [0, 0.1) is 0 Å². The zero-order valence-electron chi connectivity index (χ0n) is 47.7. The van der Waals surface area contributed by atoms with Crippen molar-refractivity contribution in [2.75, 3.05) is 13.2 Å². The Morgan fingerprint density at radius 3 is 1.11 bits per heavy atom. The first-order valence-electron chi connectivity index (χ1n) is 29.4. The summed E-state index contributed by atoms with van der Waals surface area (Å²) >= 11 is 0. The summed E-state index contributed by atoms with van der Waals surface area (Å²) in [5, 5.41) is 24.1. The van der Waals surface area contributed by atoms with Crippen LogP contribution in [0.15, 0.2) is 231 Å². The molecule has 0 heterocycles. The van der Waals surface area contributed by atoms with Crippen molar-refractivity contribution in [2.24, 2.45) is 0 Å². The number of benzene rings is 8. The maximum atomic E-state index is 15.3. The fraction of sp³-hybridized carbons (Fsp3) is 0.250. The second kappa shape index (κ2) is 29.6. The smallest absolute Gasteiger partial charge is 0.407 e. The Hall–Kier alpha value is -9.62. The molecule has 5 amide bonds. The van der Waals surface area contributed by atoms with Crippen LogP contribution in [0.25, 0.3) is 11.1 Å². The van der Waals surface area contributed by atoms with Gasteiger partial charge in [0.15, 0.2) is 0 Å². The Morgan fingerprint density at radius 2 is 0.729 bits per heavy atom. The molecular weight excluding hydrogens is 1060 g/mol. The van der Waals surface area contributed by atoms with E-state index in [-0.39, 0.29) is 25.5 Å². The van der Waals surface area contributed by atoms with Crippen LogP contribution in [-0.4, -0.2) is 66.0 Å². The summed E-state index contributed by atoms with van der Waals surface area (Å²) < 4.78 is 6.01. The molecule has 0 aliphatic heterocycles. The molecule has 6 N–H and O–H groups in total. The SMILES string of the molecule is O=C(O)CCCCCCCCCCNC(=O)[C@H](CC(=O)NC(c1ccccc1)(c1ccccc1)c1ccccc1)NC(=O)[C@H](CC(=O)NC(c1ccccc1)(c1ccccc1)c1ccccc1)NC(=O)OCC1c2ccccc2-c2ccccc21. The third-order valence-corrected chi connectivity index (χ3v) is 15.9. The molecular formula is C72H73N5O8. The van der Waals surface area contributed by atoms with Gasteiger partial charge in [0.25, 0.3) is 0 Å². The highest BCUT2D eigenvalue weighted by Gasteiger charge is 2.42. The fourth-order valence-electron chi connectivity index (χ4n) is 11.7. The molecule has 0 fully saturated rings. The van der Waals surface area contributed by atoms with E-state index in [0.717, 1.165) is 94.2 Å². The predicted molar refractivity (Wildman–Crippen MR) is 330 cm³/mol. The molecule has 8 aromatic rings. The molecule has 0 saturated carbocycles. The van der Waals surface area contributed by atoms with Gasteiger partial charge < -0.3 is 36.4 Å². The summed E-state index contributed by atoms with van der Waals surface area (Å²) in [5.74, 6) is -3.82. The molecule has 0 saturated heterocycles. The number of ether oxygens (including phenoxy) is 1. The molecule has 0 bridgehead atoms. The molecule has 9 rings (SSSR count). The van der Waals surface area contributed by atoms with Crippen molar-refractivity contribution in [3.63, 3.8) is 0 Å². The van der Waals surface area contributed by atoms with E-state index in [1.54, 1.807) is 0 Å². The largest absolute Gasteiger partial charge is 0.481 e. The van der Waals surface area contributed by atoms with Gasteiger partial charge in [0, 0.05) is 18.9 Å². The third kappa shape index (κ3) is 15.0. The highest BCUT2D eigenvalue weighted by molar-refractivity contribution is 5.96. The van der Waals surface area contributed by atoms with E-state index < -0.39 is 71.7 Å². The maximum Gasteiger partial charge on any atom is 0.407 e. The quantitative estimate of drug-likeness (QED) is 0.0197. The lowest BCUT2D eigenvalue weighted by Crippen LogP contribution is -2.57. The highest BCUT2D eigenvalue weighted by atomic mass is 16.5. The summed E-state index contributed by atoms with van der Waals surface area (Å²) in [5.41, 5.74) is 5.96. The van der Waals surface area contributed by atoms with Crippen LogP contribution in [0.3, 0.4) is 0 Å². The number of amides is 5. The lowest BCUT2D eigenvalue weighted by Gasteiger charge is -2.37. The van der Waals surface area contributed by atoms with Gasteiger partial charge in [-0.1, -0.05) is 269 Å². The second-order valence-corrected chi connectivity index (χ2v) is 21.5. The van der Waals surface area contributed by atoms with E-state index in [1.165, 1.54) is 0 Å². The molecule has 13 heteroatoms.